The quantitative estimate of drug-likeness (QED) is 0.673. The summed E-state index contributed by atoms with van der Waals surface area (Å²) in [5, 5.41) is 6.25. The first kappa shape index (κ1) is 21.5. The Hall–Kier alpha value is -3.05. The molecule has 34 heavy (non-hydrogen) atoms. The summed E-state index contributed by atoms with van der Waals surface area (Å²) in [5.74, 6) is 0.479. The molecule has 2 aromatic heterocycles. The lowest BCUT2D eigenvalue weighted by molar-refractivity contribution is -0.113. The summed E-state index contributed by atoms with van der Waals surface area (Å²) in [6.45, 7) is 6.49. The van der Waals surface area contributed by atoms with Crippen molar-refractivity contribution in [2.75, 3.05) is 67.6 Å². The third kappa shape index (κ3) is 4.25. The zero-order chi connectivity index (χ0) is 22.9. The van der Waals surface area contributed by atoms with E-state index in [0.29, 0.717) is 41.8 Å². The SMILES string of the molecule is O=C(Nc1cc2oc(N3CCOCC3)nc2nc1N1CCCCC1)C1=COC(N2CCCC2)N1. The molecule has 3 fully saturated rings. The van der Waals surface area contributed by atoms with Crippen LogP contribution in [0.4, 0.5) is 17.5 Å². The lowest BCUT2D eigenvalue weighted by atomic mass is 10.1. The third-order valence-corrected chi connectivity index (χ3v) is 6.85. The first-order valence-electron chi connectivity index (χ1n) is 12.3. The van der Waals surface area contributed by atoms with E-state index in [1.54, 1.807) is 0 Å². The highest BCUT2D eigenvalue weighted by Gasteiger charge is 2.30. The molecule has 1 unspecified atom stereocenters. The minimum Gasteiger partial charge on any atom is -0.462 e. The molecule has 2 aromatic rings. The standard InChI is InChI=1S/C23H31N7O4/c31-21(17-15-33-22(25-17)29-8-4-5-9-29)24-16-14-18-19(26-20(16)28-6-2-1-3-7-28)27-23(34-18)30-10-12-32-13-11-30/h14-15,22,25H,1-13H2,(H,24,31). The molecule has 1 amide bonds. The van der Waals surface area contributed by atoms with E-state index in [4.69, 9.17) is 18.9 Å². The third-order valence-electron chi connectivity index (χ3n) is 6.85. The highest BCUT2D eigenvalue weighted by Crippen LogP contribution is 2.32. The van der Waals surface area contributed by atoms with Crippen molar-refractivity contribution in [2.24, 2.45) is 0 Å². The van der Waals surface area contributed by atoms with E-state index in [0.717, 1.165) is 70.8 Å². The highest BCUT2D eigenvalue weighted by atomic mass is 16.5. The van der Waals surface area contributed by atoms with Crippen molar-refractivity contribution in [1.29, 1.82) is 0 Å². The molecule has 3 saturated heterocycles. The molecule has 0 spiro atoms. The number of morpholine rings is 1. The molecule has 0 bridgehead atoms. The maximum atomic E-state index is 13.1. The van der Waals surface area contributed by atoms with Gasteiger partial charge in [-0.3, -0.25) is 9.69 Å². The largest absolute Gasteiger partial charge is 0.462 e. The van der Waals surface area contributed by atoms with Gasteiger partial charge in [0.2, 0.25) is 12.0 Å². The second kappa shape index (κ2) is 9.30. The van der Waals surface area contributed by atoms with Crippen LogP contribution in [-0.2, 0) is 14.3 Å². The number of pyridine rings is 1. The van der Waals surface area contributed by atoms with E-state index >= 15 is 0 Å². The van der Waals surface area contributed by atoms with Crippen molar-refractivity contribution in [1.82, 2.24) is 20.2 Å². The summed E-state index contributed by atoms with van der Waals surface area (Å²) in [6.07, 6.45) is 6.94. The van der Waals surface area contributed by atoms with Crippen LogP contribution in [0.1, 0.15) is 32.1 Å². The lowest BCUT2D eigenvalue weighted by Gasteiger charge is -2.29. The minimum atomic E-state index is -0.282. The molecular weight excluding hydrogens is 438 g/mol. The van der Waals surface area contributed by atoms with E-state index in [1.807, 2.05) is 6.07 Å². The Bertz CT molecular complexity index is 1070. The number of carbonyl (C=O) groups excluding carboxylic acids is 1. The molecule has 11 heteroatoms. The number of piperidine rings is 1. The fraction of sp³-hybridized carbons (Fsp3) is 0.609. The fourth-order valence-electron chi connectivity index (χ4n) is 4.97. The first-order chi connectivity index (χ1) is 16.7. The number of anilines is 3. The number of nitrogens with zero attached hydrogens (tertiary/aromatic N) is 5. The number of likely N-dealkylation sites (tertiary alicyclic amines) is 1. The fourth-order valence-corrected chi connectivity index (χ4v) is 4.97. The number of hydrogen-bond acceptors (Lipinski definition) is 10. The Morgan fingerprint density at radius 1 is 0.971 bits per heavy atom. The minimum absolute atomic E-state index is 0.256. The maximum absolute atomic E-state index is 13.1. The Labute approximate surface area is 198 Å². The van der Waals surface area contributed by atoms with Gasteiger partial charge in [-0.1, -0.05) is 0 Å². The number of aromatic nitrogens is 2. The molecule has 0 aromatic carbocycles. The van der Waals surface area contributed by atoms with Gasteiger partial charge in [0.1, 0.15) is 12.0 Å². The van der Waals surface area contributed by atoms with Gasteiger partial charge in [0.25, 0.3) is 11.9 Å². The van der Waals surface area contributed by atoms with Crippen molar-refractivity contribution < 1.29 is 18.7 Å². The number of nitrogens with one attached hydrogen (secondary N) is 2. The second-order valence-electron chi connectivity index (χ2n) is 9.19. The van der Waals surface area contributed by atoms with Gasteiger partial charge < -0.3 is 34.3 Å². The molecule has 11 nitrogen and oxygen atoms in total. The summed E-state index contributed by atoms with van der Waals surface area (Å²) in [4.78, 5) is 29.1. The summed E-state index contributed by atoms with van der Waals surface area (Å²) in [7, 11) is 0. The van der Waals surface area contributed by atoms with Crippen LogP contribution in [0.15, 0.2) is 22.4 Å². The van der Waals surface area contributed by atoms with E-state index < -0.39 is 0 Å². The van der Waals surface area contributed by atoms with Crippen molar-refractivity contribution in [3.63, 3.8) is 0 Å². The number of hydrogen-bond donors (Lipinski definition) is 2. The van der Waals surface area contributed by atoms with Crippen molar-refractivity contribution in [2.45, 2.75) is 38.5 Å². The van der Waals surface area contributed by atoms with Crippen molar-refractivity contribution >= 4 is 34.7 Å². The van der Waals surface area contributed by atoms with Gasteiger partial charge in [-0.15, -0.1) is 0 Å². The molecule has 1 atom stereocenters. The molecule has 4 aliphatic rings. The molecule has 6 rings (SSSR count). The average Bonchev–Trinajstić information content (AvgIpc) is 3.65. The molecule has 0 saturated carbocycles. The van der Waals surface area contributed by atoms with Gasteiger partial charge >= 0.3 is 0 Å². The van der Waals surface area contributed by atoms with Gasteiger partial charge in [-0.25, -0.2) is 4.98 Å². The molecular formula is C23H31N7O4. The zero-order valence-corrected chi connectivity index (χ0v) is 19.3. The van der Waals surface area contributed by atoms with Gasteiger partial charge in [0, 0.05) is 45.3 Å². The van der Waals surface area contributed by atoms with Crippen LogP contribution >= 0.6 is 0 Å². The van der Waals surface area contributed by atoms with Crippen LogP contribution < -0.4 is 20.4 Å². The molecule has 4 aliphatic heterocycles. The number of oxazole rings is 1. The molecule has 0 radical (unpaired) electrons. The van der Waals surface area contributed by atoms with E-state index in [1.165, 1.54) is 12.7 Å². The summed E-state index contributed by atoms with van der Waals surface area (Å²) in [5.41, 5.74) is 2.14. The number of ether oxygens (including phenoxy) is 2. The summed E-state index contributed by atoms with van der Waals surface area (Å²) in [6, 6.07) is 2.39. The van der Waals surface area contributed by atoms with Gasteiger partial charge in [-0.2, -0.15) is 4.98 Å². The monoisotopic (exact) mass is 469 g/mol. The maximum Gasteiger partial charge on any atom is 0.300 e. The average molecular weight is 470 g/mol. The zero-order valence-electron chi connectivity index (χ0n) is 19.3. The summed E-state index contributed by atoms with van der Waals surface area (Å²) < 4.78 is 17.2. The Morgan fingerprint density at radius 3 is 2.53 bits per heavy atom. The van der Waals surface area contributed by atoms with Crippen molar-refractivity contribution in [3.05, 3.63) is 18.0 Å². The topological polar surface area (TPSA) is 108 Å². The van der Waals surface area contributed by atoms with Crippen LogP contribution in [0.5, 0.6) is 0 Å². The highest BCUT2D eigenvalue weighted by molar-refractivity contribution is 6.05. The predicted octanol–water partition coefficient (Wildman–Crippen LogP) is 1.83. The van der Waals surface area contributed by atoms with Gasteiger partial charge in [0.15, 0.2) is 11.4 Å². The normalized spacial score (nSPS) is 23.6. The first-order valence-corrected chi connectivity index (χ1v) is 12.3. The van der Waals surface area contributed by atoms with Gasteiger partial charge in [-0.05, 0) is 32.1 Å². The van der Waals surface area contributed by atoms with Crippen molar-refractivity contribution in [3.8, 4) is 0 Å². The number of amides is 1. The van der Waals surface area contributed by atoms with Crippen LogP contribution in [0.25, 0.3) is 11.2 Å². The van der Waals surface area contributed by atoms with E-state index in [-0.39, 0.29) is 12.3 Å². The lowest BCUT2D eigenvalue weighted by Crippen LogP contribution is -2.43. The Kier molecular flexibility index (Phi) is 5.88. The summed E-state index contributed by atoms with van der Waals surface area (Å²) >= 11 is 0. The smallest absolute Gasteiger partial charge is 0.300 e. The van der Waals surface area contributed by atoms with Gasteiger partial charge in [0.05, 0.1) is 18.9 Å². The van der Waals surface area contributed by atoms with Crippen LogP contribution in [-0.4, -0.2) is 79.6 Å². The van der Waals surface area contributed by atoms with E-state index in [2.05, 4.69) is 30.3 Å². The van der Waals surface area contributed by atoms with E-state index in [9.17, 15) is 4.79 Å². The predicted molar refractivity (Wildman–Crippen MR) is 126 cm³/mol. The van der Waals surface area contributed by atoms with Crippen LogP contribution in [0.3, 0.4) is 0 Å². The second-order valence-corrected chi connectivity index (χ2v) is 9.19. The number of rotatable bonds is 5. The molecule has 2 N–H and O–H groups in total. The number of fused-ring (bicyclic) bond motifs is 1. The Morgan fingerprint density at radius 2 is 1.74 bits per heavy atom. The van der Waals surface area contributed by atoms with Crippen LogP contribution in [0.2, 0.25) is 0 Å². The number of carbonyl (C=O) groups is 1. The molecule has 6 heterocycles. The molecule has 182 valence electrons. The molecule has 0 aliphatic carbocycles. The Balaban J connectivity index is 1.26. The van der Waals surface area contributed by atoms with Crippen LogP contribution in [0, 0.1) is 0 Å².